The fourth-order valence-electron chi connectivity index (χ4n) is 3.03. The molecule has 2 heterocycles. The number of rotatable bonds is 4. The number of anilines is 1. The lowest BCUT2D eigenvalue weighted by atomic mass is 10.1. The number of hydrogen-bond acceptors (Lipinski definition) is 4. The van der Waals surface area contributed by atoms with E-state index in [1.807, 2.05) is 11.4 Å². The van der Waals surface area contributed by atoms with Crippen LogP contribution in [-0.2, 0) is 0 Å². The average Bonchev–Trinajstić information content (AvgIpc) is 3.14. The standard InChI is InChI=1S/C20H21N3O2S/c1-10-6-7-15(8-11(10)2)16-9-26-20(22-16)23-19(25)18-12(3)17(14(5)24)13(4)21-18/h6-9,21H,1-5H3,(H,22,23,25). The summed E-state index contributed by atoms with van der Waals surface area (Å²) < 4.78 is 0. The van der Waals surface area contributed by atoms with E-state index in [1.54, 1.807) is 13.8 Å². The Morgan fingerprint density at radius 2 is 1.85 bits per heavy atom. The van der Waals surface area contributed by atoms with Crippen LogP contribution in [0.25, 0.3) is 11.3 Å². The number of hydrogen-bond donors (Lipinski definition) is 2. The molecule has 2 N–H and O–H groups in total. The molecular formula is C20H21N3O2S. The van der Waals surface area contributed by atoms with Crippen LogP contribution in [0.2, 0.25) is 0 Å². The van der Waals surface area contributed by atoms with Crippen molar-refractivity contribution in [3.63, 3.8) is 0 Å². The second kappa shape index (κ2) is 6.88. The summed E-state index contributed by atoms with van der Waals surface area (Å²) in [5, 5.41) is 5.27. The van der Waals surface area contributed by atoms with E-state index in [1.165, 1.54) is 29.4 Å². The van der Waals surface area contributed by atoms with Crippen LogP contribution >= 0.6 is 11.3 Å². The second-order valence-corrected chi connectivity index (χ2v) is 7.33. The third-order valence-electron chi connectivity index (χ3n) is 4.54. The predicted octanol–water partition coefficient (Wildman–Crippen LogP) is 4.83. The SMILES string of the molecule is CC(=O)c1c(C)[nH]c(C(=O)Nc2nc(-c3ccc(C)c(C)c3)cs2)c1C. The van der Waals surface area contributed by atoms with Crippen LogP contribution in [0.4, 0.5) is 5.13 Å². The smallest absolute Gasteiger partial charge is 0.274 e. The third-order valence-corrected chi connectivity index (χ3v) is 5.30. The Morgan fingerprint density at radius 3 is 2.46 bits per heavy atom. The van der Waals surface area contributed by atoms with Gasteiger partial charge >= 0.3 is 0 Å². The van der Waals surface area contributed by atoms with E-state index in [-0.39, 0.29) is 11.7 Å². The van der Waals surface area contributed by atoms with Gasteiger partial charge < -0.3 is 4.98 Å². The van der Waals surface area contributed by atoms with Gasteiger partial charge in [-0.3, -0.25) is 14.9 Å². The zero-order valence-corrected chi connectivity index (χ0v) is 16.3. The highest BCUT2D eigenvalue weighted by Crippen LogP contribution is 2.27. The van der Waals surface area contributed by atoms with Gasteiger partial charge in [-0.2, -0.15) is 0 Å². The number of aryl methyl sites for hydroxylation is 3. The van der Waals surface area contributed by atoms with Crippen LogP contribution < -0.4 is 5.32 Å². The van der Waals surface area contributed by atoms with Gasteiger partial charge in [0.1, 0.15) is 5.69 Å². The van der Waals surface area contributed by atoms with Crippen LogP contribution in [0.15, 0.2) is 23.6 Å². The van der Waals surface area contributed by atoms with Crippen molar-refractivity contribution in [2.75, 3.05) is 5.32 Å². The lowest BCUT2D eigenvalue weighted by Crippen LogP contribution is -2.13. The summed E-state index contributed by atoms with van der Waals surface area (Å²) in [5.41, 5.74) is 6.63. The molecule has 0 unspecified atom stereocenters. The number of benzene rings is 1. The molecule has 1 amide bonds. The van der Waals surface area contributed by atoms with Crippen molar-refractivity contribution in [3.05, 3.63) is 57.2 Å². The quantitative estimate of drug-likeness (QED) is 0.649. The highest BCUT2D eigenvalue weighted by Gasteiger charge is 2.20. The molecule has 3 rings (SSSR count). The fourth-order valence-corrected chi connectivity index (χ4v) is 3.74. The number of ketones is 1. The maximum Gasteiger partial charge on any atom is 0.274 e. The largest absolute Gasteiger partial charge is 0.354 e. The minimum atomic E-state index is -0.293. The van der Waals surface area contributed by atoms with Crippen LogP contribution in [0.5, 0.6) is 0 Å². The van der Waals surface area contributed by atoms with E-state index >= 15 is 0 Å². The minimum absolute atomic E-state index is 0.0541. The summed E-state index contributed by atoms with van der Waals surface area (Å²) in [5.74, 6) is -0.347. The summed E-state index contributed by atoms with van der Waals surface area (Å²) >= 11 is 1.38. The average molecular weight is 367 g/mol. The van der Waals surface area contributed by atoms with Crippen molar-refractivity contribution in [2.45, 2.75) is 34.6 Å². The molecule has 5 nitrogen and oxygen atoms in total. The number of aromatic nitrogens is 2. The number of amides is 1. The molecule has 1 aromatic carbocycles. The highest BCUT2D eigenvalue weighted by molar-refractivity contribution is 7.14. The first-order valence-electron chi connectivity index (χ1n) is 8.32. The predicted molar refractivity (Wildman–Crippen MR) is 105 cm³/mol. The molecule has 0 aliphatic rings. The van der Waals surface area contributed by atoms with Crippen LogP contribution in [0, 0.1) is 27.7 Å². The number of nitrogens with one attached hydrogen (secondary N) is 2. The summed E-state index contributed by atoms with van der Waals surface area (Å²) in [7, 11) is 0. The Labute approximate surface area is 156 Å². The van der Waals surface area contributed by atoms with Crippen molar-refractivity contribution in [3.8, 4) is 11.3 Å². The first-order valence-corrected chi connectivity index (χ1v) is 9.20. The van der Waals surface area contributed by atoms with Gasteiger partial charge in [-0.25, -0.2) is 4.98 Å². The Kier molecular flexibility index (Phi) is 4.78. The van der Waals surface area contributed by atoms with Gasteiger partial charge in [-0.05, 0) is 57.4 Å². The maximum absolute atomic E-state index is 12.6. The summed E-state index contributed by atoms with van der Waals surface area (Å²) in [6.45, 7) is 9.21. The van der Waals surface area contributed by atoms with Gasteiger partial charge in [0.25, 0.3) is 5.91 Å². The normalized spacial score (nSPS) is 10.8. The monoisotopic (exact) mass is 367 g/mol. The summed E-state index contributed by atoms with van der Waals surface area (Å²) in [6.07, 6.45) is 0. The molecule has 0 radical (unpaired) electrons. The number of carbonyl (C=O) groups is 2. The van der Waals surface area contributed by atoms with E-state index < -0.39 is 0 Å². The highest BCUT2D eigenvalue weighted by atomic mass is 32.1. The maximum atomic E-state index is 12.6. The van der Waals surface area contributed by atoms with Gasteiger partial charge in [0.05, 0.1) is 5.69 Å². The molecule has 134 valence electrons. The lowest BCUT2D eigenvalue weighted by Gasteiger charge is -2.03. The Bertz CT molecular complexity index is 1010. The van der Waals surface area contributed by atoms with Crippen molar-refractivity contribution in [1.29, 1.82) is 0 Å². The zero-order chi connectivity index (χ0) is 19.0. The first-order chi connectivity index (χ1) is 12.3. The van der Waals surface area contributed by atoms with E-state index in [0.29, 0.717) is 27.6 Å². The Balaban J connectivity index is 1.83. The number of Topliss-reactive ketones (excluding diaryl/α,β-unsaturated/α-hetero) is 1. The first kappa shape index (κ1) is 18.1. The van der Waals surface area contributed by atoms with E-state index in [2.05, 4.69) is 41.3 Å². The molecule has 26 heavy (non-hydrogen) atoms. The molecule has 6 heteroatoms. The van der Waals surface area contributed by atoms with Gasteiger partial charge in [-0.1, -0.05) is 12.1 Å². The van der Waals surface area contributed by atoms with Crippen molar-refractivity contribution < 1.29 is 9.59 Å². The molecule has 0 spiro atoms. The van der Waals surface area contributed by atoms with Gasteiger partial charge in [0.15, 0.2) is 10.9 Å². The third kappa shape index (κ3) is 3.32. The second-order valence-electron chi connectivity index (χ2n) is 6.47. The molecular weight excluding hydrogens is 346 g/mol. The molecule has 2 aromatic heterocycles. The summed E-state index contributed by atoms with van der Waals surface area (Å²) in [6, 6.07) is 6.19. The summed E-state index contributed by atoms with van der Waals surface area (Å²) in [4.78, 5) is 31.8. The van der Waals surface area contributed by atoms with Crippen LogP contribution in [0.3, 0.4) is 0 Å². The molecule has 0 atom stereocenters. The van der Waals surface area contributed by atoms with Crippen molar-refractivity contribution in [1.82, 2.24) is 9.97 Å². The van der Waals surface area contributed by atoms with Crippen LogP contribution in [-0.4, -0.2) is 21.7 Å². The number of carbonyl (C=O) groups excluding carboxylic acids is 2. The number of nitrogens with zero attached hydrogens (tertiary/aromatic N) is 1. The fraction of sp³-hybridized carbons (Fsp3) is 0.250. The van der Waals surface area contributed by atoms with Crippen LogP contribution in [0.1, 0.15) is 50.2 Å². The van der Waals surface area contributed by atoms with E-state index in [9.17, 15) is 9.59 Å². The topological polar surface area (TPSA) is 74.8 Å². The molecule has 0 saturated heterocycles. The van der Waals surface area contributed by atoms with E-state index in [0.717, 1.165) is 11.3 Å². The molecule has 0 aliphatic carbocycles. The molecule has 0 fully saturated rings. The molecule has 0 aliphatic heterocycles. The number of H-pyrrole nitrogens is 1. The number of aromatic amines is 1. The van der Waals surface area contributed by atoms with Gasteiger partial charge in [0, 0.05) is 22.2 Å². The Hall–Kier alpha value is -2.73. The molecule has 3 aromatic rings. The van der Waals surface area contributed by atoms with Gasteiger partial charge in [-0.15, -0.1) is 11.3 Å². The van der Waals surface area contributed by atoms with Crippen molar-refractivity contribution >= 4 is 28.2 Å². The Morgan fingerprint density at radius 1 is 1.12 bits per heavy atom. The van der Waals surface area contributed by atoms with E-state index in [4.69, 9.17) is 0 Å². The van der Waals surface area contributed by atoms with Crippen molar-refractivity contribution in [2.24, 2.45) is 0 Å². The molecule has 0 saturated carbocycles. The lowest BCUT2D eigenvalue weighted by molar-refractivity contribution is 0.101. The molecule has 0 bridgehead atoms. The van der Waals surface area contributed by atoms with Gasteiger partial charge in [0.2, 0.25) is 0 Å². The minimum Gasteiger partial charge on any atom is -0.354 e. The number of thiazole rings is 1. The zero-order valence-electron chi connectivity index (χ0n) is 15.5.